The molecule has 0 aliphatic rings. The second-order valence-electron chi connectivity index (χ2n) is 2.29. The Balaban J connectivity index is 3.07. The van der Waals surface area contributed by atoms with Crippen LogP contribution >= 0.6 is 12.6 Å². The van der Waals surface area contributed by atoms with Crippen LogP contribution in [0.2, 0.25) is 0 Å². The van der Waals surface area contributed by atoms with E-state index in [1.807, 2.05) is 25.1 Å². The molecule has 0 radical (unpaired) electrons. The molecule has 0 aromatic heterocycles. The van der Waals surface area contributed by atoms with E-state index in [9.17, 15) is 0 Å². The summed E-state index contributed by atoms with van der Waals surface area (Å²) in [4.78, 5) is 0.863. The predicted molar refractivity (Wildman–Crippen MR) is 44.4 cm³/mol. The number of thiol groups is 1. The lowest BCUT2D eigenvalue weighted by Gasteiger charge is -2.00. The van der Waals surface area contributed by atoms with Gasteiger partial charge < -0.3 is 5.11 Å². The highest BCUT2D eigenvalue weighted by atomic mass is 32.1. The summed E-state index contributed by atoms with van der Waals surface area (Å²) >= 11 is 4.19. The van der Waals surface area contributed by atoms with Gasteiger partial charge in [-0.25, -0.2) is 0 Å². The molecule has 2 heteroatoms. The van der Waals surface area contributed by atoms with Gasteiger partial charge in [0.05, 0.1) is 6.61 Å². The van der Waals surface area contributed by atoms with Crippen molar-refractivity contribution in [1.29, 1.82) is 0 Å². The molecule has 0 saturated carbocycles. The van der Waals surface area contributed by atoms with Crippen molar-refractivity contribution in [3.05, 3.63) is 29.3 Å². The first-order chi connectivity index (χ1) is 4.74. The van der Waals surface area contributed by atoms with Crippen molar-refractivity contribution >= 4 is 12.6 Å². The Morgan fingerprint density at radius 2 is 2.20 bits per heavy atom. The molecule has 1 aromatic carbocycles. The van der Waals surface area contributed by atoms with Crippen molar-refractivity contribution in [3.8, 4) is 0 Å². The molecule has 0 bridgehead atoms. The van der Waals surface area contributed by atoms with Crippen molar-refractivity contribution in [2.45, 2.75) is 18.4 Å². The Hall–Kier alpha value is -0.470. The quantitative estimate of drug-likeness (QED) is 0.591. The Morgan fingerprint density at radius 1 is 1.50 bits per heavy atom. The second-order valence-corrected chi connectivity index (χ2v) is 2.77. The number of rotatable bonds is 1. The van der Waals surface area contributed by atoms with Crippen LogP contribution < -0.4 is 0 Å². The fourth-order valence-corrected chi connectivity index (χ4v) is 1.16. The van der Waals surface area contributed by atoms with Crippen LogP contribution in [0.1, 0.15) is 11.1 Å². The molecule has 1 N–H and O–H groups in total. The van der Waals surface area contributed by atoms with Crippen molar-refractivity contribution in [2.75, 3.05) is 0 Å². The lowest BCUT2D eigenvalue weighted by atomic mass is 10.2. The third-order valence-corrected chi connectivity index (χ3v) is 1.83. The van der Waals surface area contributed by atoms with Gasteiger partial charge in [0.1, 0.15) is 0 Å². The van der Waals surface area contributed by atoms with Gasteiger partial charge in [-0.3, -0.25) is 0 Å². The van der Waals surface area contributed by atoms with Gasteiger partial charge in [-0.1, -0.05) is 17.7 Å². The van der Waals surface area contributed by atoms with E-state index in [1.165, 1.54) is 5.56 Å². The fourth-order valence-electron chi connectivity index (χ4n) is 0.808. The summed E-state index contributed by atoms with van der Waals surface area (Å²) in [5.41, 5.74) is 2.05. The zero-order chi connectivity index (χ0) is 7.56. The molecule has 54 valence electrons. The van der Waals surface area contributed by atoms with E-state index >= 15 is 0 Å². The molecule has 0 heterocycles. The first kappa shape index (κ1) is 7.63. The molecule has 0 atom stereocenters. The molecule has 0 amide bonds. The SMILES string of the molecule is Cc1ccc(CO)c(S)c1. The number of hydrogen-bond donors (Lipinski definition) is 2. The normalized spacial score (nSPS) is 9.90. The molecule has 1 aromatic rings. The Kier molecular flexibility index (Phi) is 2.35. The highest BCUT2D eigenvalue weighted by Gasteiger charge is 1.95. The van der Waals surface area contributed by atoms with E-state index in [0.717, 1.165) is 10.5 Å². The molecule has 1 rings (SSSR count). The van der Waals surface area contributed by atoms with E-state index in [-0.39, 0.29) is 6.61 Å². The fraction of sp³-hybridized carbons (Fsp3) is 0.250. The molecule has 0 saturated heterocycles. The summed E-state index contributed by atoms with van der Waals surface area (Å²) in [6, 6.07) is 5.79. The summed E-state index contributed by atoms with van der Waals surface area (Å²) in [6.45, 7) is 2.07. The van der Waals surface area contributed by atoms with Crippen molar-refractivity contribution in [3.63, 3.8) is 0 Å². The minimum Gasteiger partial charge on any atom is -0.392 e. The van der Waals surface area contributed by atoms with Gasteiger partial charge in [0, 0.05) is 4.90 Å². The first-order valence-electron chi connectivity index (χ1n) is 3.13. The maximum atomic E-state index is 8.76. The summed E-state index contributed by atoms with van der Waals surface area (Å²) in [5, 5.41) is 8.76. The van der Waals surface area contributed by atoms with Gasteiger partial charge in [0.2, 0.25) is 0 Å². The third kappa shape index (κ3) is 1.52. The molecule has 10 heavy (non-hydrogen) atoms. The number of aryl methyl sites for hydroxylation is 1. The van der Waals surface area contributed by atoms with Gasteiger partial charge in [0.25, 0.3) is 0 Å². The minimum absolute atomic E-state index is 0.0686. The van der Waals surface area contributed by atoms with E-state index in [2.05, 4.69) is 12.6 Å². The van der Waals surface area contributed by atoms with Crippen LogP contribution in [0.25, 0.3) is 0 Å². The van der Waals surface area contributed by atoms with Crippen molar-refractivity contribution in [2.24, 2.45) is 0 Å². The van der Waals surface area contributed by atoms with Crippen LogP contribution in [0.15, 0.2) is 23.1 Å². The Morgan fingerprint density at radius 3 is 2.70 bits per heavy atom. The van der Waals surface area contributed by atoms with Crippen LogP contribution in [0, 0.1) is 6.92 Å². The van der Waals surface area contributed by atoms with Crippen LogP contribution in [0.3, 0.4) is 0 Å². The molecule has 1 nitrogen and oxygen atoms in total. The van der Waals surface area contributed by atoms with Gasteiger partial charge in [-0.05, 0) is 18.6 Å². The Labute approximate surface area is 66.1 Å². The summed E-state index contributed by atoms with van der Waals surface area (Å²) in [7, 11) is 0. The van der Waals surface area contributed by atoms with Gasteiger partial charge in [0.15, 0.2) is 0 Å². The molecular formula is C8H10OS. The minimum atomic E-state index is 0.0686. The lowest BCUT2D eigenvalue weighted by Crippen LogP contribution is -1.85. The summed E-state index contributed by atoms with van der Waals surface area (Å²) in [5.74, 6) is 0. The number of aliphatic hydroxyl groups excluding tert-OH is 1. The first-order valence-corrected chi connectivity index (χ1v) is 3.58. The zero-order valence-electron chi connectivity index (χ0n) is 5.83. The van der Waals surface area contributed by atoms with Crippen LogP contribution in [-0.4, -0.2) is 5.11 Å². The standard InChI is InChI=1S/C8H10OS/c1-6-2-3-7(5-9)8(10)4-6/h2-4,9-10H,5H2,1H3. The average molecular weight is 154 g/mol. The van der Waals surface area contributed by atoms with E-state index in [0.29, 0.717) is 0 Å². The molecule has 0 aliphatic carbocycles. The molecule has 0 unspecified atom stereocenters. The molecule has 0 fully saturated rings. The molecular weight excluding hydrogens is 144 g/mol. The summed E-state index contributed by atoms with van der Waals surface area (Å²) < 4.78 is 0. The molecule has 0 spiro atoms. The maximum absolute atomic E-state index is 8.76. The lowest BCUT2D eigenvalue weighted by molar-refractivity contribution is 0.279. The van der Waals surface area contributed by atoms with Crippen LogP contribution in [-0.2, 0) is 6.61 Å². The van der Waals surface area contributed by atoms with E-state index in [4.69, 9.17) is 5.11 Å². The van der Waals surface area contributed by atoms with Gasteiger partial charge in [-0.2, -0.15) is 0 Å². The number of aliphatic hydroxyl groups is 1. The maximum Gasteiger partial charge on any atom is 0.0692 e. The summed E-state index contributed by atoms with van der Waals surface area (Å²) in [6.07, 6.45) is 0. The monoisotopic (exact) mass is 154 g/mol. The number of benzene rings is 1. The van der Waals surface area contributed by atoms with Crippen LogP contribution in [0.4, 0.5) is 0 Å². The van der Waals surface area contributed by atoms with Crippen molar-refractivity contribution in [1.82, 2.24) is 0 Å². The average Bonchev–Trinajstić information content (AvgIpc) is 1.88. The van der Waals surface area contributed by atoms with Gasteiger partial charge in [-0.15, -0.1) is 12.6 Å². The predicted octanol–water partition coefficient (Wildman–Crippen LogP) is 1.78. The Bertz CT molecular complexity index is 233. The van der Waals surface area contributed by atoms with E-state index in [1.54, 1.807) is 0 Å². The second kappa shape index (κ2) is 3.08. The zero-order valence-corrected chi connectivity index (χ0v) is 6.73. The topological polar surface area (TPSA) is 20.2 Å². The van der Waals surface area contributed by atoms with Gasteiger partial charge >= 0.3 is 0 Å². The van der Waals surface area contributed by atoms with E-state index < -0.39 is 0 Å². The van der Waals surface area contributed by atoms with Crippen LogP contribution in [0.5, 0.6) is 0 Å². The van der Waals surface area contributed by atoms with Crippen molar-refractivity contribution < 1.29 is 5.11 Å². The highest BCUT2D eigenvalue weighted by molar-refractivity contribution is 7.80. The molecule has 0 aliphatic heterocycles. The third-order valence-electron chi connectivity index (χ3n) is 1.41. The highest BCUT2D eigenvalue weighted by Crippen LogP contribution is 2.14. The number of hydrogen-bond acceptors (Lipinski definition) is 2. The largest absolute Gasteiger partial charge is 0.392 e. The smallest absolute Gasteiger partial charge is 0.0692 e.